The molecule has 0 unspecified atom stereocenters. The number of rotatable bonds is 8. The topological polar surface area (TPSA) is 94.8 Å². The van der Waals surface area contributed by atoms with Crippen LogP contribution >= 0.6 is 0 Å². The lowest BCUT2D eigenvalue weighted by atomic mass is 10.2. The van der Waals surface area contributed by atoms with Gasteiger partial charge < -0.3 is 14.4 Å². The maximum absolute atomic E-state index is 12.8. The van der Waals surface area contributed by atoms with Crippen molar-refractivity contribution in [3.05, 3.63) is 107 Å². The maximum Gasteiger partial charge on any atom is 0.328 e. The molecule has 0 N–H and O–H groups in total. The molecular formula is C36H38N10O. The molecule has 7 aromatic rings. The fraction of sp³-hybridized carbons (Fsp3) is 0.250. The Balaban J connectivity index is 1.40. The lowest BCUT2D eigenvalue weighted by Gasteiger charge is -2.24. The normalized spacial score (nSPS) is 11.6. The van der Waals surface area contributed by atoms with Crippen LogP contribution in [0.1, 0.15) is 17.0 Å². The molecule has 7 rings (SSSR count). The molecule has 0 amide bonds. The Morgan fingerprint density at radius 1 is 0.766 bits per heavy atom. The summed E-state index contributed by atoms with van der Waals surface area (Å²) in [5.74, 6) is 2.35. The van der Waals surface area contributed by atoms with Crippen LogP contribution in [0.2, 0.25) is 0 Å². The van der Waals surface area contributed by atoms with E-state index in [9.17, 15) is 4.79 Å². The van der Waals surface area contributed by atoms with Crippen molar-refractivity contribution in [1.29, 1.82) is 0 Å². The molecule has 11 nitrogen and oxygen atoms in total. The van der Waals surface area contributed by atoms with E-state index in [0.29, 0.717) is 11.2 Å². The Kier molecular flexibility index (Phi) is 7.38. The van der Waals surface area contributed by atoms with Crippen LogP contribution in [0.25, 0.3) is 45.1 Å². The van der Waals surface area contributed by atoms with Crippen LogP contribution in [0.5, 0.6) is 0 Å². The molecule has 0 aliphatic heterocycles. The van der Waals surface area contributed by atoms with E-state index in [1.807, 2.05) is 55.7 Å². The first-order valence-corrected chi connectivity index (χ1v) is 15.6. The zero-order valence-electron chi connectivity index (χ0n) is 27.8. The molecule has 0 radical (unpaired) electrons. The van der Waals surface area contributed by atoms with Crippen LogP contribution in [0.15, 0.2) is 84.0 Å². The number of pyridine rings is 1. The van der Waals surface area contributed by atoms with Crippen molar-refractivity contribution in [2.45, 2.75) is 20.8 Å². The van der Waals surface area contributed by atoms with Crippen molar-refractivity contribution in [3.63, 3.8) is 0 Å². The van der Waals surface area contributed by atoms with E-state index in [1.54, 1.807) is 29.6 Å². The van der Waals surface area contributed by atoms with Gasteiger partial charge in [-0.1, -0.05) is 18.2 Å². The van der Waals surface area contributed by atoms with Gasteiger partial charge in [0.1, 0.15) is 18.0 Å². The first kappa shape index (κ1) is 30.0. The summed E-state index contributed by atoms with van der Waals surface area (Å²) < 4.78 is 7.58. The molecular weight excluding hydrogens is 588 g/mol. The summed E-state index contributed by atoms with van der Waals surface area (Å²) in [5, 5.41) is 0. The predicted molar refractivity (Wildman–Crippen MR) is 188 cm³/mol. The highest BCUT2D eigenvalue weighted by Crippen LogP contribution is 2.35. The molecule has 0 atom stereocenters. The van der Waals surface area contributed by atoms with Gasteiger partial charge in [0.2, 0.25) is 0 Å². The van der Waals surface area contributed by atoms with E-state index in [1.165, 1.54) is 0 Å². The van der Waals surface area contributed by atoms with Gasteiger partial charge in [0.25, 0.3) is 0 Å². The number of hydrogen-bond donors (Lipinski definition) is 0. The van der Waals surface area contributed by atoms with Crippen molar-refractivity contribution in [1.82, 2.24) is 38.2 Å². The van der Waals surface area contributed by atoms with Crippen molar-refractivity contribution in [2.75, 3.05) is 37.0 Å². The Morgan fingerprint density at radius 3 is 2.28 bits per heavy atom. The predicted octanol–water partition coefficient (Wildman–Crippen LogP) is 5.36. The van der Waals surface area contributed by atoms with Gasteiger partial charge in [-0.3, -0.25) is 13.7 Å². The monoisotopic (exact) mass is 626 g/mol. The van der Waals surface area contributed by atoms with Gasteiger partial charge in [-0.05, 0) is 74.9 Å². The molecule has 0 aliphatic rings. The highest BCUT2D eigenvalue weighted by atomic mass is 16.1. The Bertz CT molecular complexity index is 2330. The Morgan fingerprint density at radius 2 is 1.51 bits per heavy atom. The molecule has 0 spiro atoms. The molecule has 11 heteroatoms. The van der Waals surface area contributed by atoms with E-state index >= 15 is 0 Å². The summed E-state index contributed by atoms with van der Waals surface area (Å²) in [5.41, 5.74) is 9.16. The molecule has 47 heavy (non-hydrogen) atoms. The van der Waals surface area contributed by atoms with E-state index < -0.39 is 0 Å². The second kappa shape index (κ2) is 11.6. The molecule has 0 bridgehead atoms. The van der Waals surface area contributed by atoms with Crippen LogP contribution in [0.4, 0.5) is 11.5 Å². The standard InChI is InChI=1S/C36H38N10O/c1-23-15-16-37-31(19-23)45-24(2)20-28(25(45)3)33-40-32-34(42(5)18-17-41(4)26-11-9-8-10-12-26)38-22-39-35(32)46(33)27-13-14-29-30(21-27)44(7)36(47)43(29)6/h8-16,19-22H,17-18H2,1-7H3. The molecule has 0 fully saturated rings. The number of likely N-dealkylation sites (N-methyl/N-ethyl adjacent to an activating group) is 2. The highest BCUT2D eigenvalue weighted by Gasteiger charge is 2.25. The van der Waals surface area contributed by atoms with Crippen LogP contribution in [0.3, 0.4) is 0 Å². The molecule has 5 aromatic heterocycles. The van der Waals surface area contributed by atoms with E-state index in [0.717, 1.165) is 75.5 Å². The number of benzene rings is 2. The van der Waals surface area contributed by atoms with Crippen molar-refractivity contribution >= 4 is 33.7 Å². The minimum Gasteiger partial charge on any atom is -0.373 e. The van der Waals surface area contributed by atoms with Crippen LogP contribution < -0.4 is 15.5 Å². The number of hydrogen-bond acceptors (Lipinski definition) is 7. The average molecular weight is 627 g/mol. The average Bonchev–Trinajstić information content (AvgIpc) is 3.68. The summed E-state index contributed by atoms with van der Waals surface area (Å²) >= 11 is 0. The number of para-hydroxylation sites is 1. The van der Waals surface area contributed by atoms with Crippen molar-refractivity contribution < 1.29 is 0 Å². The van der Waals surface area contributed by atoms with E-state index in [2.05, 4.69) is 76.0 Å². The largest absolute Gasteiger partial charge is 0.373 e. The number of aryl methyl sites for hydroxylation is 4. The highest BCUT2D eigenvalue weighted by molar-refractivity contribution is 5.90. The fourth-order valence-corrected chi connectivity index (χ4v) is 6.42. The smallest absolute Gasteiger partial charge is 0.328 e. The minimum absolute atomic E-state index is 0.0752. The second-order valence-corrected chi connectivity index (χ2v) is 12.2. The van der Waals surface area contributed by atoms with Gasteiger partial charge in [-0.25, -0.2) is 24.7 Å². The number of imidazole rings is 2. The number of fused-ring (bicyclic) bond motifs is 2. The van der Waals surface area contributed by atoms with Gasteiger partial charge in [0.15, 0.2) is 17.0 Å². The third-order valence-electron chi connectivity index (χ3n) is 9.07. The van der Waals surface area contributed by atoms with Gasteiger partial charge in [0, 0.05) is 70.1 Å². The summed E-state index contributed by atoms with van der Waals surface area (Å²) in [7, 11) is 7.73. The van der Waals surface area contributed by atoms with E-state index in [-0.39, 0.29) is 5.69 Å². The summed E-state index contributed by atoms with van der Waals surface area (Å²) in [4.78, 5) is 36.7. The second-order valence-electron chi connectivity index (χ2n) is 12.2. The molecule has 238 valence electrons. The number of anilines is 2. The van der Waals surface area contributed by atoms with Crippen molar-refractivity contribution in [3.8, 4) is 22.9 Å². The Hall–Kier alpha value is -5.71. The summed E-state index contributed by atoms with van der Waals surface area (Å²) in [6, 6.07) is 22.6. The van der Waals surface area contributed by atoms with Gasteiger partial charge in [-0.2, -0.15) is 0 Å². The van der Waals surface area contributed by atoms with Gasteiger partial charge >= 0.3 is 5.69 Å². The first-order chi connectivity index (χ1) is 22.6. The molecule has 5 heterocycles. The zero-order valence-corrected chi connectivity index (χ0v) is 27.8. The number of aromatic nitrogens is 8. The third kappa shape index (κ3) is 5.04. The Labute approximate surface area is 273 Å². The maximum atomic E-state index is 12.8. The van der Waals surface area contributed by atoms with Crippen LogP contribution in [0, 0.1) is 20.8 Å². The van der Waals surface area contributed by atoms with Gasteiger partial charge in [-0.15, -0.1) is 0 Å². The summed E-state index contributed by atoms with van der Waals surface area (Å²) in [6.07, 6.45) is 3.44. The van der Waals surface area contributed by atoms with Crippen LogP contribution in [-0.4, -0.2) is 65.4 Å². The number of nitrogens with zero attached hydrogens (tertiary/aromatic N) is 10. The zero-order chi connectivity index (χ0) is 33.0. The molecule has 0 saturated heterocycles. The lowest BCUT2D eigenvalue weighted by molar-refractivity contribution is 0.795. The molecule has 0 aliphatic carbocycles. The summed E-state index contributed by atoms with van der Waals surface area (Å²) in [6.45, 7) is 7.77. The molecule has 2 aromatic carbocycles. The molecule has 0 saturated carbocycles. The lowest BCUT2D eigenvalue weighted by Crippen LogP contribution is -2.31. The third-order valence-corrected chi connectivity index (χ3v) is 9.07. The quantitative estimate of drug-likeness (QED) is 0.224. The van der Waals surface area contributed by atoms with Gasteiger partial charge in [0.05, 0.1) is 16.7 Å². The van der Waals surface area contributed by atoms with Crippen LogP contribution in [-0.2, 0) is 14.1 Å². The minimum atomic E-state index is -0.0752. The SMILES string of the molecule is Cc1ccnc(-n2c(C)cc(-c3nc4c(N(C)CCN(C)c5ccccc5)ncnc4n3-c3ccc4c(c3)n(C)c(=O)n4C)c2C)c1. The fourth-order valence-electron chi connectivity index (χ4n) is 6.42. The first-order valence-electron chi connectivity index (χ1n) is 15.6. The van der Waals surface area contributed by atoms with E-state index in [4.69, 9.17) is 15.0 Å². The van der Waals surface area contributed by atoms with Crippen molar-refractivity contribution in [2.24, 2.45) is 14.1 Å².